The lowest BCUT2D eigenvalue weighted by Crippen LogP contribution is -2.44. The molecule has 1 fully saturated rings. The van der Waals surface area contributed by atoms with Gasteiger partial charge in [-0.05, 0) is 65.4 Å². The van der Waals surface area contributed by atoms with Crippen LogP contribution in [-0.4, -0.2) is 41.4 Å². The number of pyridine rings is 2. The van der Waals surface area contributed by atoms with Crippen molar-refractivity contribution in [1.29, 1.82) is 5.41 Å². The van der Waals surface area contributed by atoms with Crippen molar-refractivity contribution in [3.8, 4) is 0 Å². The number of aryl methyl sites for hydroxylation is 1. The fraction of sp³-hybridized carbons (Fsp3) is 0.318. The molecule has 31 heavy (non-hydrogen) atoms. The number of nitrogens with zero attached hydrogens (tertiary/aromatic N) is 3. The third kappa shape index (κ3) is 3.33. The Morgan fingerprint density at radius 2 is 2.13 bits per heavy atom. The Hall–Kier alpha value is -2.75. The molecule has 4 aromatic rings. The molecule has 0 aliphatic heterocycles. The maximum absolute atomic E-state index is 11.6. The van der Waals surface area contributed by atoms with E-state index in [1.54, 1.807) is 18.6 Å². The Kier molecular flexibility index (Phi) is 4.84. The van der Waals surface area contributed by atoms with Crippen molar-refractivity contribution in [2.75, 3.05) is 5.73 Å². The first-order chi connectivity index (χ1) is 14.9. The van der Waals surface area contributed by atoms with Crippen LogP contribution in [0.5, 0.6) is 0 Å². The first kappa shape index (κ1) is 20.2. The molecule has 1 aliphatic carbocycles. The van der Waals surface area contributed by atoms with Crippen LogP contribution in [0.25, 0.3) is 22.1 Å². The summed E-state index contributed by atoms with van der Waals surface area (Å²) in [6.45, 7) is 0. The fourth-order valence-corrected chi connectivity index (χ4v) is 5.03. The summed E-state index contributed by atoms with van der Waals surface area (Å²) in [5.41, 5.74) is 7.67. The lowest BCUT2D eigenvalue weighted by Gasteiger charge is -2.34. The zero-order chi connectivity index (χ0) is 21.8. The molecule has 0 saturated heterocycles. The minimum Gasteiger partial charge on any atom is -0.390 e. The summed E-state index contributed by atoms with van der Waals surface area (Å²) in [5, 5.41) is 31.7. The van der Waals surface area contributed by atoms with E-state index in [2.05, 4.69) is 30.9 Å². The molecule has 8 nitrogen and oxygen atoms in total. The second kappa shape index (κ2) is 7.44. The van der Waals surface area contributed by atoms with Gasteiger partial charge in [0, 0.05) is 11.6 Å². The monoisotopic (exact) mass is 482 g/mol. The molecule has 1 aliphatic rings. The van der Waals surface area contributed by atoms with Crippen molar-refractivity contribution in [1.82, 2.24) is 19.5 Å². The van der Waals surface area contributed by atoms with Crippen molar-refractivity contribution in [2.24, 2.45) is 0 Å². The number of nitrogens with two attached hydrogens (primary N) is 1. The highest BCUT2D eigenvalue weighted by atomic mass is 79.9. The Morgan fingerprint density at radius 1 is 1.29 bits per heavy atom. The molecule has 1 aromatic carbocycles. The van der Waals surface area contributed by atoms with Gasteiger partial charge in [-0.25, -0.2) is 9.97 Å². The summed E-state index contributed by atoms with van der Waals surface area (Å²) in [4.78, 5) is 11.8. The van der Waals surface area contributed by atoms with Gasteiger partial charge in [-0.1, -0.05) is 12.1 Å². The van der Waals surface area contributed by atoms with Crippen LogP contribution in [0.2, 0.25) is 0 Å². The molecule has 0 bridgehead atoms. The molecule has 160 valence electrons. The van der Waals surface area contributed by atoms with E-state index in [9.17, 15) is 10.2 Å². The summed E-state index contributed by atoms with van der Waals surface area (Å²) in [6, 6.07) is 9.27. The van der Waals surface area contributed by atoms with Gasteiger partial charge in [-0.2, -0.15) is 0 Å². The van der Waals surface area contributed by atoms with Crippen LogP contribution in [0.3, 0.4) is 0 Å². The lowest BCUT2D eigenvalue weighted by atomic mass is 9.87. The van der Waals surface area contributed by atoms with Crippen LogP contribution in [0, 0.1) is 5.41 Å². The number of benzene rings is 1. The fourth-order valence-electron chi connectivity index (χ4n) is 4.69. The van der Waals surface area contributed by atoms with E-state index in [-0.39, 0.29) is 6.04 Å². The number of aliphatic hydroxyl groups is 2. The second-order valence-corrected chi connectivity index (χ2v) is 9.07. The van der Waals surface area contributed by atoms with Crippen molar-refractivity contribution >= 4 is 43.8 Å². The minimum atomic E-state index is -1.30. The summed E-state index contributed by atoms with van der Waals surface area (Å²) in [7, 11) is 0. The molecule has 3 unspecified atom stereocenters. The van der Waals surface area contributed by atoms with Crippen molar-refractivity contribution < 1.29 is 10.2 Å². The first-order valence-corrected chi connectivity index (χ1v) is 11.0. The third-order valence-electron chi connectivity index (χ3n) is 6.42. The average Bonchev–Trinajstić information content (AvgIpc) is 3.35. The maximum atomic E-state index is 11.6. The van der Waals surface area contributed by atoms with E-state index in [0.717, 1.165) is 20.9 Å². The molecular formula is C22H23BrN6O2. The number of aliphatic hydroxyl groups excluding tert-OH is 1. The van der Waals surface area contributed by atoms with Crippen LogP contribution >= 0.6 is 15.9 Å². The Balaban J connectivity index is 1.46. The molecule has 9 heteroatoms. The molecule has 0 amide bonds. The number of hydrogen-bond acceptors (Lipinski definition) is 6. The molecule has 3 aromatic heterocycles. The van der Waals surface area contributed by atoms with Crippen molar-refractivity contribution in [3.05, 3.63) is 58.2 Å². The molecule has 6 N–H and O–H groups in total. The molecule has 0 radical (unpaired) electrons. The summed E-state index contributed by atoms with van der Waals surface area (Å²) in [5.74, 6) is 0.437. The van der Waals surface area contributed by atoms with E-state index in [4.69, 9.17) is 11.1 Å². The van der Waals surface area contributed by atoms with Crippen molar-refractivity contribution in [3.63, 3.8) is 0 Å². The predicted octanol–water partition coefficient (Wildman–Crippen LogP) is 2.80. The van der Waals surface area contributed by atoms with Gasteiger partial charge in [0.05, 0.1) is 33.8 Å². The molecule has 5 rings (SSSR count). The zero-order valence-electron chi connectivity index (χ0n) is 16.7. The smallest absolute Gasteiger partial charge is 0.160 e. The zero-order valence-corrected chi connectivity index (χ0v) is 18.3. The van der Waals surface area contributed by atoms with E-state index in [1.807, 2.05) is 28.8 Å². The van der Waals surface area contributed by atoms with E-state index in [0.29, 0.717) is 48.0 Å². The molecule has 1 saturated carbocycles. The van der Waals surface area contributed by atoms with E-state index in [1.165, 1.54) is 0 Å². The number of nitrogens with one attached hydrogen (secondary N) is 2. The Labute approximate surface area is 186 Å². The summed E-state index contributed by atoms with van der Waals surface area (Å²) >= 11 is 3.40. The van der Waals surface area contributed by atoms with E-state index < -0.39 is 11.7 Å². The average molecular weight is 483 g/mol. The summed E-state index contributed by atoms with van der Waals surface area (Å²) in [6.07, 6.45) is 4.60. The largest absolute Gasteiger partial charge is 0.390 e. The summed E-state index contributed by atoms with van der Waals surface area (Å²) < 4.78 is 2.65. The van der Waals surface area contributed by atoms with Crippen LogP contribution < -0.4 is 11.1 Å². The molecule has 3 atom stereocenters. The number of aromatic nitrogens is 4. The number of fused-ring (bicyclic) bond motifs is 2. The molecular weight excluding hydrogens is 460 g/mol. The number of hydrogen-bond donors (Lipinski definition) is 5. The van der Waals surface area contributed by atoms with Gasteiger partial charge in [0.1, 0.15) is 16.9 Å². The second-order valence-electron chi connectivity index (χ2n) is 8.22. The molecule has 3 heterocycles. The van der Waals surface area contributed by atoms with Crippen LogP contribution in [0.15, 0.2) is 47.3 Å². The number of H-pyrrole nitrogens is 1. The van der Waals surface area contributed by atoms with Crippen molar-refractivity contribution in [2.45, 2.75) is 43.4 Å². The van der Waals surface area contributed by atoms with Gasteiger partial charge in [0.25, 0.3) is 0 Å². The molecule has 0 spiro atoms. The number of anilines is 1. The van der Waals surface area contributed by atoms with Gasteiger partial charge in [-0.15, -0.1) is 0 Å². The van der Waals surface area contributed by atoms with Gasteiger partial charge in [0.2, 0.25) is 0 Å². The number of halogens is 1. The van der Waals surface area contributed by atoms with Gasteiger partial charge in [0.15, 0.2) is 5.65 Å². The SMILES string of the molecule is N=c1ccn(C2CCC(O)C2(O)CCc2ccc3cc(Br)c(N)nc3c2)c2nc[nH]c12. The van der Waals surface area contributed by atoms with E-state index >= 15 is 0 Å². The number of nitrogen functional groups attached to an aromatic ring is 1. The highest BCUT2D eigenvalue weighted by Gasteiger charge is 2.49. The minimum absolute atomic E-state index is 0.334. The van der Waals surface area contributed by atoms with Crippen LogP contribution in [-0.2, 0) is 6.42 Å². The van der Waals surface area contributed by atoms with Gasteiger partial charge >= 0.3 is 0 Å². The number of aromatic amines is 1. The van der Waals surface area contributed by atoms with Gasteiger partial charge < -0.3 is 25.5 Å². The standard InChI is InChI=1S/C22H23BrN6O2/c23-14-10-13-2-1-12(9-16(13)28-20(14)25)5-7-22(31)17(3-4-18(22)30)29-8-6-15(24)19-21(29)27-11-26-19/h1-2,6,8-11,17-18,24,30-31H,3-5,7H2,(H2,25,28)(H,26,27). The third-order valence-corrected chi connectivity index (χ3v) is 7.05. The van der Waals surface area contributed by atoms with Crippen LogP contribution in [0.1, 0.15) is 30.9 Å². The quantitative estimate of drug-likeness (QED) is 0.304. The number of rotatable bonds is 4. The number of imidazole rings is 1. The normalized spacial score (nSPS) is 23.7. The highest BCUT2D eigenvalue weighted by molar-refractivity contribution is 9.10. The highest BCUT2D eigenvalue weighted by Crippen LogP contribution is 2.43. The topological polar surface area (TPSA) is 137 Å². The van der Waals surface area contributed by atoms with Crippen LogP contribution in [0.4, 0.5) is 5.82 Å². The Bertz CT molecular complexity index is 1350. The predicted molar refractivity (Wildman–Crippen MR) is 121 cm³/mol. The van der Waals surface area contributed by atoms with Gasteiger partial charge in [-0.3, -0.25) is 5.41 Å². The Morgan fingerprint density at radius 3 is 2.97 bits per heavy atom. The lowest BCUT2D eigenvalue weighted by molar-refractivity contribution is -0.0812. The first-order valence-electron chi connectivity index (χ1n) is 10.2. The maximum Gasteiger partial charge on any atom is 0.160 e.